The molecule has 0 aromatic rings. The first-order valence-electron chi connectivity index (χ1n) is 2.67. The van der Waals surface area contributed by atoms with E-state index in [2.05, 4.69) is 6.58 Å². The first-order chi connectivity index (χ1) is 4.22. The predicted octanol–water partition coefficient (Wildman–Crippen LogP) is 0.817. The second-order valence-corrected chi connectivity index (χ2v) is 1.84. The van der Waals surface area contributed by atoms with E-state index in [1.807, 2.05) is 14.1 Å². The van der Waals surface area contributed by atoms with Crippen molar-refractivity contribution in [2.75, 3.05) is 14.1 Å². The highest BCUT2D eigenvalue weighted by Gasteiger charge is 1.91. The van der Waals surface area contributed by atoms with Crippen molar-refractivity contribution in [1.29, 1.82) is 0 Å². The Morgan fingerprint density at radius 3 is 2.22 bits per heavy atom. The number of carbonyl (C=O) groups is 1. The van der Waals surface area contributed by atoms with E-state index in [-0.39, 0.29) is 0 Å². The van der Waals surface area contributed by atoms with E-state index in [1.54, 1.807) is 17.1 Å². The van der Waals surface area contributed by atoms with Gasteiger partial charge in [0.1, 0.15) is 0 Å². The summed E-state index contributed by atoms with van der Waals surface area (Å²) in [5.41, 5.74) is 0.630. The molecule has 0 N–H and O–H groups in total. The van der Waals surface area contributed by atoms with E-state index in [0.717, 1.165) is 6.29 Å². The zero-order valence-electron chi connectivity index (χ0n) is 5.79. The third-order valence-corrected chi connectivity index (χ3v) is 0.926. The maximum Gasteiger partial charge on any atom is 0.166 e. The van der Waals surface area contributed by atoms with E-state index < -0.39 is 0 Å². The molecule has 9 heavy (non-hydrogen) atoms. The molecule has 0 bridgehead atoms. The lowest BCUT2D eigenvalue weighted by Crippen LogP contribution is -2.11. The van der Waals surface area contributed by atoms with Crippen LogP contribution in [0.4, 0.5) is 0 Å². The highest BCUT2D eigenvalue weighted by molar-refractivity contribution is 5.72. The predicted molar refractivity (Wildman–Crippen MR) is 38.0 cm³/mol. The van der Waals surface area contributed by atoms with Crippen LogP contribution in [-0.2, 0) is 4.79 Å². The molecule has 0 rings (SSSR count). The minimum absolute atomic E-state index is 0.630. The molecule has 0 aromatic carbocycles. The molecule has 0 aliphatic rings. The van der Waals surface area contributed by atoms with Crippen molar-refractivity contribution in [3.8, 4) is 0 Å². The first-order valence-corrected chi connectivity index (χ1v) is 2.67. The third-order valence-electron chi connectivity index (χ3n) is 0.926. The Hall–Kier alpha value is -1.05. The monoisotopic (exact) mass is 125 g/mol. The molecule has 0 saturated heterocycles. The number of rotatable bonds is 3. The van der Waals surface area contributed by atoms with Crippen molar-refractivity contribution in [1.82, 2.24) is 4.90 Å². The summed E-state index contributed by atoms with van der Waals surface area (Å²) in [4.78, 5) is 11.9. The average molecular weight is 125 g/mol. The molecule has 0 radical (unpaired) electrons. The quantitative estimate of drug-likeness (QED) is 0.316. The number of likely N-dealkylation sites (N-methyl/N-ethyl adjacent to an activating group) is 1. The Balaban J connectivity index is 4.13. The lowest BCUT2D eigenvalue weighted by Gasteiger charge is -2.09. The maximum atomic E-state index is 10.2. The third kappa shape index (κ3) is 2.69. The lowest BCUT2D eigenvalue weighted by molar-refractivity contribution is -0.105. The van der Waals surface area contributed by atoms with Gasteiger partial charge >= 0.3 is 0 Å². The van der Waals surface area contributed by atoms with E-state index in [9.17, 15) is 4.79 Å². The van der Waals surface area contributed by atoms with Gasteiger partial charge in [0.05, 0.1) is 5.70 Å². The van der Waals surface area contributed by atoms with Crippen LogP contribution in [-0.4, -0.2) is 25.3 Å². The standard InChI is InChI=1S/C7H11NO/c1-4-5-7(6-9)8(2)3/h4-6H,1H2,2-3H3. The fourth-order valence-corrected chi connectivity index (χ4v) is 0.415. The summed E-state index contributed by atoms with van der Waals surface area (Å²) in [5, 5.41) is 0. The topological polar surface area (TPSA) is 20.3 Å². The Morgan fingerprint density at radius 1 is 1.56 bits per heavy atom. The number of aldehydes is 1. The van der Waals surface area contributed by atoms with Gasteiger partial charge in [0.25, 0.3) is 0 Å². The summed E-state index contributed by atoms with van der Waals surface area (Å²) in [6.45, 7) is 3.47. The summed E-state index contributed by atoms with van der Waals surface area (Å²) in [7, 11) is 3.62. The summed E-state index contributed by atoms with van der Waals surface area (Å²) < 4.78 is 0. The van der Waals surface area contributed by atoms with E-state index in [1.165, 1.54) is 0 Å². The number of hydrogen-bond donors (Lipinski definition) is 0. The van der Waals surface area contributed by atoms with Gasteiger partial charge in [-0.15, -0.1) is 0 Å². The van der Waals surface area contributed by atoms with Crippen LogP contribution in [0.2, 0.25) is 0 Å². The Morgan fingerprint density at radius 2 is 2.11 bits per heavy atom. The number of allylic oxidation sites excluding steroid dienone is 3. The first kappa shape index (κ1) is 7.95. The van der Waals surface area contributed by atoms with Crippen molar-refractivity contribution in [3.05, 3.63) is 24.4 Å². The van der Waals surface area contributed by atoms with Crippen LogP contribution in [0.5, 0.6) is 0 Å². The smallest absolute Gasteiger partial charge is 0.166 e. The van der Waals surface area contributed by atoms with Gasteiger partial charge in [0.2, 0.25) is 0 Å². The van der Waals surface area contributed by atoms with Crippen molar-refractivity contribution in [3.63, 3.8) is 0 Å². The molecule has 2 heteroatoms. The lowest BCUT2D eigenvalue weighted by atomic mass is 10.4. The van der Waals surface area contributed by atoms with Gasteiger partial charge in [-0.2, -0.15) is 0 Å². The molecule has 0 fully saturated rings. The normalized spacial score (nSPS) is 10.7. The van der Waals surface area contributed by atoms with Gasteiger partial charge in [-0.1, -0.05) is 12.7 Å². The molecule has 0 amide bonds. The van der Waals surface area contributed by atoms with Gasteiger partial charge < -0.3 is 4.90 Å². The molecular weight excluding hydrogens is 114 g/mol. The van der Waals surface area contributed by atoms with Gasteiger partial charge in [-0.25, -0.2) is 0 Å². The molecule has 0 aromatic heterocycles. The summed E-state index contributed by atoms with van der Waals surface area (Å²) in [5.74, 6) is 0. The van der Waals surface area contributed by atoms with Crippen molar-refractivity contribution in [2.24, 2.45) is 0 Å². The second-order valence-electron chi connectivity index (χ2n) is 1.84. The summed E-state index contributed by atoms with van der Waals surface area (Å²) in [6, 6.07) is 0. The van der Waals surface area contributed by atoms with Crippen LogP contribution >= 0.6 is 0 Å². The molecule has 0 heterocycles. The molecule has 50 valence electrons. The fraction of sp³-hybridized carbons (Fsp3) is 0.286. The van der Waals surface area contributed by atoms with Crippen molar-refractivity contribution in [2.45, 2.75) is 0 Å². The highest BCUT2D eigenvalue weighted by atomic mass is 16.1. The highest BCUT2D eigenvalue weighted by Crippen LogP contribution is 1.92. The molecule has 0 spiro atoms. The Bertz CT molecular complexity index is 136. The summed E-state index contributed by atoms with van der Waals surface area (Å²) in [6.07, 6.45) is 4.04. The second kappa shape index (κ2) is 3.89. The van der Waals surface area contributed by atoms with E-state index in [0.29, 0.717) is 5.70 Å². The molecular formula is C7H11NO. The summed E-state index contributed by atoms with van der Waals surface area (Å²) >= 11 is 0. The van der Waals surface area contributed by atoms with E-state index in [4.69, 9.17) is 0 Å². The van der Waals surface area contributed by atoms with Crippen LogP contribution in [0, 0.1) is 0 Å². The van der Waals surface area contributed by atoms with Crippen molar-refractivity contribution >= 4 is 6.29 Å². The zero-order valence-corrected chi connectivity index (χ0v) is 5.79. The van der Waals surface area contributed by atoms with E-state index >= 15 is 0 Å². The molecule has 0 unspecified atom stereocenters. The molecule has 2 nitrogen and oxygen atoms in total. The van der Waals surface area contributed by atoms with Crippen LogP contribution in [0.3, 0.4) is 0 Å². The Labute approximate surface area is 55.5 Å². The van der Waals surface area contributed by atoms with Crippen LogP contribution < -0.4 is 0 Å². The Kier molecular flexibility index (Phi) is 3.44. The van der Waals surface area contributed by atoms with Gasteiger partial charge in [-0.3, -0.25) is 4.79 Å². The van der Waals surface area contributed by atoms with Gasteiger partial charge in [0, 0.05) is 14.1 Å². The maximum absolute atomic E-state index is 10.2. The molecule has 0 aliphatic carbocycles. The minimum Gasteiger partial charge on any atom is -0.375 e. The largest absolute Gasteiger partial charge is 0.375 e. The SMILES string of the molecule is C=CC=C(C=O)N(C)C. The number of nitrogens with zero attached hydrogens (tertiary/aromatic N) is 1. The van der Waals surface area contributed by atoms with Gasteiger partial charge in [0.15, 0.2) is 6.29 Å². The zero-order chi connectivity index (χ0) is 7.28. The fourth-order valence-electron chi connectivity index (χ4n) is 0.415. The van der Waals surface area contributed by atoms with Crippen LogP contribution in [0.25, 0.3) is 0 Å². The number of carbonyl (C=O) groups excluding carboxylic acids is 1. The minimum atomic E-state index is 0.630. The van der Waals surface area contributed by atoms with Crippen LogP contribution in [0.15, 0.2) is 24.4 Å². The van der Waals surface area contributed by atoms with Crippen LogP contribution in [0.1, 0.15) is 0 Å². The molecule has 0 aliphatic heterocycles. The molecule has 0 saturated carbocycles. The molecule has 0 atom stereocenters. The number of hydrogen-bond acceptors (Lipinski definition) is 2. The average Bonchev–Trinajstić information content (AvgIpc) is 1.82. The van der Waals surface area contributed by atoms with Gasteiger partial charge in [-0.05, 0) is 6.08 Å². The van der Waals surface area contributed by atoms with Crippen molar-refractivity contribution < 1.29 is 4.79 Å².